The number of carbonyl (C=O) groups excluding carboxylic acids is 1. The predicted molar refractivity (Wildman–Crippen MR) is 91.3 cm³/mol. The van der Waals surface area contributed by atoms with E-state index in [2.05, 4.69) is 35.2 Å². The number of hydrogen-bond acceptors (Lipinski definition) is 3. The lowest BCUT2D eigenvalue weighted by atomic mass is 10.0. The molecule has 3 unspecified atom stereocenters. The largest absolute Gasteiger partial charge is 0.372 e. The summed E-state index contributed by atoms with van der Waals surface area (Å²) in [4.78, 5) is 17.0. The Morgan fingerprint density at radius 2 is 1.87 bits per heavy atom. The summed E-state index contributed by atoms with van der Waals surface area (Å²) in [6, 6.07) is 11.1. The Hall–Kier alpha value is -1.39. The highest BCUT2D eigenvalue weighted by atomic mass is 16.5. The van der Waals surface area contributed by atoms with Crippen LogP contribution in [0.4, 0.5) is 0 Å². The van der Waals surface area contributed by atoms with Crippen molar-refractivity contribution in [3.63, 3.8) is 0 Å². The molecule has 2 fully saturated rings. The van der Waals surface area contributed by atoms with Crippen LogP contribution in [0.3, 0.4) is 0 Å². The zero-order chi connectivity index (χ0) is 16.2. The lowest BCUT2D eigenvalue weighted by Gasteiger charge is -2.36. The molecule has 0 N–H and O–H groups in total. The minimum absolute atomic E-state index is 0.140. The lowest BCUT2D eigenvalue weighted by Crippen LogP contribution is -2.51. The van der Waals surface area contributed by atoms with Gasteiger partial charge in [0, 0.05) is 19.1 Å². The highest BCUT2D eigenvalue weighted by molar-refractivity contribution is 5.78. The number of ether oxygens (including phenoxy) is 1. The predicted octanol–water partition coefficient (Wildman–Crippen LogP) is 2.33. The molecule has 4 heteroatoms. The Labute approximate surface area is 139 Å². The third kappa shape index (κ3) is 4.33. The maximum Gasteiger partial charge on any atom is 0.236 e. The Morgan fingerprint density at radius 3 is 2.57 bits per heavy atom. The van der Waals surface area contributed by atoms with Crippen molar-refractivity contribution < 1.29 is 9.53 Å². The smallest absolute Gasteiger partial charge is 0.236 e. The summed E-state index contributed by atoms with van der Waals surface area (Å²) in [5.74, 6) is 0.256. The molecule has 1 aromatic rings. The van der Waals surface area contributed by atoms with Crippen LogP contribution in [0.25, 0.3) is 0 Å². The molecular weight excluding hydrogens is 288 g/mol. The molecule has 2 aliphatic rings. The molecule has 126 valence electrons. The van der Waals surface area contributed by atoms with Gasteiger partial charge in [0.2, 0.25) is 5.91 Å². The average molecular weight is 316 g/mol. The Kier molecular flexibility index (Phi) is 5.34. The van der Waals surface area contributed by atoms with Crippen molar-refractivity contribution in [2.45, 2.75) is 51.4 Å². The molecule has 0 spiro atoms. The zero-order valence-electron chi connectivity index (χ0n) is 14.3. The van der Waals surface area contributed by atoms with E-state index in [1.54, 1.807) is 0 Å². The number of hydrogen-bond donors (Lipinski definition) is 0. The molecule has 2 heterocycles. The number of nitrogens with zero attached hydrogens (tertiary/aromatic N) is 2. The van der Waals surface area contributed by atoms with Crippen LogP contribution in [0, 0.1) is 0 Å². The van der Waals surface area contributed by atoms with Gasteiger partial charge in [-0.15, -0.1) is 0 Å². The molecule has 2 aliphatic heterocycles. The topological polar surface area (TPSA) is 32.8 Å². The van der Waals surface area contributed by atoms with Gasteiger partial charge >= 0.3 is 0 Å². The molecule has 23 heavy (non-hydrogen) atoms. The number of likely N-dealkylation sites (tertiary alicyclic amines) is 1. The van der Waals surface area contributed by atoms with E-state index in [0.29, 0.717) is 12.6 Å². The van der Waals surface area contributed by atoms with Crippen LogP contribution in [0.5, 0.6) is 0 Å². The molecule has 1 aromatic carbocycles. The fraction of sp³-hybridized carbons (Fsp3) is 0.632. The minimum atomic E-state index is 0.140. The third-order valence-corrected chi connectivity index (χ3v) is 4.92. The van der Waals surface area contributed by atoms with E-state index in [0.717, 1.165) is 26.1 Å². The van der Waals surface area contributed by atoms with E-state index in [4.69, 9.17) is 4.74 Å². The monoisotopic (exact) mass is 316 g/mol. The van der Waals surface area contributed by atoms with E-state index in [1.807, 2.05) is 18.7 Å². The second-order valence-corrected chi connectivity index (χ2v) is 7.01. The number of morpholine rings is 1. The Morgan fingerprint density at radius 1 is 1.17 bits per heavy atom. The molecule has 3 atom stereocenters. The second-order valence-electron chi connectivity index (χ2n) is 7.01. The van der Waals surface area contributed by atoms with Crippen LogP contribution in [0.15, 0.2) is 30.3 Å². The standard InChI is InChI=1S/C19H28N2O2/c1-15-12-21(13-16(2)23-15)19(22)14-20-10-6-9-18(20)11-17-7-4-3-5-8-17/h3-5,7-8,15-16,18H,6,9-14H2,1-2H3. The van der Waals surface area contributed by atoms with Gasteiger partial charge in [0.15, 0.2) is 0 Å². The van der Waals surface area contributed by atoms with Gasteiger partial charge in [-0.05, 0) is 45.2 Å². The normalized spacial score (nSPS) is 29.0. The number of carbonyl (C=O) groups is 1. The molecular formula is C19H28N2O2. The molecule has 0 radical (unpaired) electrons. The molecule has 4 nitrogen and oxygen atoms in total. The second kappa shape index (κ2) is 7.45. The van der Waals surface area contributed by atoms with E-state index < -0.39 is 0 Å². The average Bonchev–Trinajstić information content (AvgIpc) is 2.94. The molecule has 0 aliphatic carbocycles. The van der Waals surface area contributed by atoms with Gasteiger partial charge in [-0.3, -0.25) is 9.69 Å². The van der Waals surface area contributed by atoms with E-state index in [9.17, 15) is 4.79 Å². The first-order valence-electron chi connectivity index (χ1n) is 8.83. The quantitative estimate of drug-likeness (QED) is 0.855. The highest BCUT2D eigenvalue weighted by Crippen LogP contribution is 2.21. The number of rotatable bonds is 4. The van der Waals surface area contributed by atoms with Crippen molar-refractivity contribution in [2.24, 2.45) is 0 Å². The van der Waals surface area contributed by atoms with E-state index in [1.165, 1.54) is 18.4 Å². The zero-order valence-corrected chi connectivity index (χ0v) is 14.3. The maximum absolute atomic E-state index is 12.7. The van der Waals surface area contributed by atoms with Crippen molar-refractivity contribution in [3.8, 4) is 0 Å². The van der Waals surface area contributed by atoms with Crippen LogP contribution < -0.4 is 0 Å². The summed E-state index contributed by atoms with van der Waals surface area (Å²) in [6.07, 6.45) is 3.71. The summed E-state index contributed by atoms with van der Waals surface area (Å²) in [5.41, 5.74) is 1.37. The first-order valence-corrected chi connectivity index (χ1v) is 8.83. The summed E-state index contributed by atoms with van der Waals surface area (Å²) < 4.78 is 5.73. The summed E-state index contributed by atoms with van der Waals surface area (Å²) in [7, 11) is 0. The van der Waals surface area contributed by atoms with Gasteiger partial charge in [-0.1, -0.05) is 30.3 Å². The van der Waals surface area contributed by atoms with Gasteiger partial charge in [0.05, 0.1) is 18.8 Å². The van der Waals surface area contributed by atoms with Crippen LogP contribution >= 0.6 is 0 Å². The number of benzene rings is 1. The van der Waals surface area contributed by atoms with Gasteiger partial charge < -0.3 is 9.64 Å². The van der Waals surface area contributed by atoms with Crippen LogP contribution in [0.1, 0.15) is 32.3 Å². The van der Waals surface area contributed by atoms with Gasteiger partial charge in [0.25, 0.3) is 0 Å². The lowest BCUT2D eigenvalue weighted by molar-refractivity contribution is -0.144. The Bertz CT molecular complexity index is 509. The van der Waals surface area contributed by atoms with Crippen molar-refractivity contribution in [2.75, 3.05) is 26.2 Å². The molecule has 0 saturated carbocycles. The molecule has 2 saturated heterocycles. The van der Waals surface area contributed by atoms with Crippen LogP contribution in [-0.2, 0) is 16.0 Å². The highest BCUT2D eigenvalue weighted by Gasteiger charge is 2.30. The van der Waals surface area contributed by atoms with Crippen molar-refractivity contribution in [1.29, 1.82) is 0 Å². The molecule has 0 aromatic heterocycles. The van der Waals surface area contributed by atoms with Gasteiger partial charge in [0.1, 0.15) is 0 Å². The fourth-order valence-corrected chi connectivity index (χ4v) is 3.88. The first-order chi connectivity index (χ1) is 11.1. The van der Waals surface area contributed by atoms with Crippen LogP contribution in [-0.4, -0.2) is 60.1 Å². The van der Waals surface area contributed by atoms with Crippen molar-refractivity contribution >= 4 is 5.91 Å². The van der Waals surface area contributed by atoms with Crippen molar-refractivity contribution in [1.82, 2.24) is 9.80 Å². The molecule has 1 amide bonds. The minimum Gasteiger partial charge on any atom is -0.372 e. The van der Waals surface area contributed by atoms with Crippen molar-refractivity contribution in [3.05, 3.63) is 35.9 Å². The summed E-state index contributed by atoms with van der Waals surface area (Å²) in [5, 5.41) is 0. The fourth-order valence-electron chi connectivity index (χ4n) is 3.88. The van der Waals surface area contributed by atoms with Crippen LogP contribution in [0.2, 0.25) is 0 Å². The number of amides is 1. The first kappa shape index (κ1) is 16.5. The maximum atomic E-state index is 12.7. The third-order valence-electron chi connectivity index (χ3n) is 4.92. The Balaban J connectivity index is 1.56. The van der Waals surface area contributed by atoms with E-state index in [-0.39, 0.29) is 18.1 Å². The summed E-state index contributed by atoms with van der Waals surface area (Å²) in [6.45, 7) is 7.13. The summed E-state index contributed by atoms with van der Waals surface area (Å²) >= 11 is 0. The molecule has 0 bridgehead atoms. The van der Waals surface area contributed by atoms with Gasteiger partial charge in [-0.2, -0.15) is 0 Å². The molecule has 3 rings (SSSR count). The SMILES string of the molecule is CC1CN(C(=O)CN2CCCC2Cc2ccccc2)CC(C)O1. The van der Waals surface area contributed by atoms with Gasteiger partial charge in [-0.25, -0.2) is 0 Å². The van der Waals surface area contributed by atoms with E-state index >= 15 is 0 Å².